The molecule has 2 atom stereocenters. The maximum Gasteiger partial charge on any atom is 0.243 e. The Labute approximate surface area is 165 Å². The zero-order valence-corrected chi connectivity index (χ0v) is 16.5. The van der Waals surface area contributed by atoms with Crippen LogP contribution in [0.5, 0.6) is 0 Å². The van der Waals surface area contributed by atoms with Gasteiger partial charge in [0.2, 0.25) is 10.0 Å². The molecule has 146 valence electrons. The van der Waals surface area contributed by atoms with E-state index in [0.717, 1.165) is 16.5 Å². The van der Waals surface area contributed by atoms with Gasteiger partial charge >= 0.3 is 0 Å². The highest BCUT2D eigenvalue weighted by Crippen LogP contribution is 2.25. The SMILES string of the molecule is CN(Cc1ccc2ncccc2c1)[C@H]1CN(S(=O)(=O)c2ccccc2)C[C@@H]1O. The highest BCUT2D eigenvalue weighted by atomic mass is 32.2. The zero-order chi connectivity index (χ0) is 19.7. The van der Waals surface area contributed by atoms with Gasteiger partial charge in [-0.2, -0.15) is 4.31 Å². The van der Waals surface area contributed by atoms with Crippen LogP contribution in [0.25, 0.3) is 10.9 Å². The van der Waals surface area contributed by atoms with Crippen molar-refractivity contribution < 1.29 is 13.5 Å². The molecule has 7 heteroatoms. The highest BCUT2D eigenvalue weighted by molar-refractivity contribution is 7.89. The van der Waals surface area contributed by atoms with Crippen LogP contribution in [-0.2, 0) is 16.6 Å². The van der Waals surface area contributed by atoms with E-state index < -0.39 is 16.1 Å². The molecule has 0 saturated carbocycles. The van der Waals surface area contributed by atoms with E-state index in [4.69, 9.17) is 0 Å². The van der Waals surface area contributed by atoms with E-state index in [1.807, 2.05) is 36.2 Å². The van der Waals surface area contributed by atoms with E-state index in [1.165, 1.54) is 4.31 Å². The van der Waals surface area contributed by atoms with E-state index in [0.29, 0.717) is 6.54 Å². The van der Waals surface area contributed by atoms with Crippen LogP contribution in [0.2, 0.25) is 0 Å². The summed E-state index contributed by atoms with van der Waals surface area (Å²) in [5.74, 6) is 0. The maximum atomic E-state index is 12.8. The predicted octanol–water partition coefficient (Wildman–Crippen LogP) is 2.10. The first-order chi connectivity index (χ1) is 13.4. The Morgan fingerprint density at radius 1 is 1.11 bits per heavy atom. The van der Waals surface area contributed by atoms with Crippen LogP contribution in [0.3, 0.4) is 0 Å². The van der Waals surface area contributed by atoms with Crippen LogP contribution in [0.1, 0.15) is 5.56 Å². The predicted molar refractivity (Wildman–Crippen MR) is 108 cm³/mol. The fourth-order valence-electron chi connectivity index (χ4n) is 3.73. The lowest BCUT2D eigenvalue weighted by atomic mass is 10.1. The number of likely N-dealkylation sites (N-methyl/N-ethyl adjacent to an activating group) is 1. The Hall–Kier alpha value is -2.32. The molecule has 1 fully saturated rings. The summed E-state index contributed by atoms with van der Waals surface area (Å²) in [5, 5.41) is 11.6. The third-order valence-electron chi connectivity index (χ3n) is 5.27. The summed E-state index contributed by atoms with van der Waals surface area (Å²) in [6.07, 6.45) is 1.04. The minimum Gasteiger partial charge on any atom is -0.390 e. The van der Waals surface area contributed by atoms with Crippen LogP contribution in [0.15, 0.2) is 71.8 Å². The summed E-state index contributed by atoms with van der Waals surface area (Å²) < 4.78 is 27.1. The Kier molecular flexibility index (Phi) is 5.16. The summed E-state index contributed by atoms with van der Waals surface area (Å²) in [7, 11) is -1.68. The number of rotatable bonds is 5. The largest absolute Gasteiger partial charge is 0.390 e. The van der Waals surface area contributed by atoms with Crippen LogP contribution in [-0.4, -0.2) is 60.0 Å². The van der Waals surface area contributed by atoms with Gasteiger partial charge in [-0.1, -0.05) is 30.3 Å². The van der Waals surface area contributed by atoms with Crippen molar-refractivity contribution in [2.24, 2.45) is 0 Å². The van der Waals surface area contributed by atoms with Crippen LogP contribution in [0, 0.1) is 0 Å². The van der Waals surface area contributed by atoms with E-state index >= 15 is 0 Å². The lowest BCUT2D eigenvalue weighted by Gasteiger charge is -2.26. The minimum absolute atomic E-state index is 0.105. The lowest BCUT2D eigenvalue weighted by molar-refractivity contribution is 0.0953. The van der Waals surface area contributed by atoms with Crippen molar-refractivity contribution in [1.82, 2.24) is 14.2 Å². The molecule has 0 aliphatic carbocycles. The van der Waals surface area contributed by atoms with Gasteiger partial charge in [-0.25, -0.2) is 8.42 Å². The molecular weight excluding hydrogens is 374 g/mol. The average Bonchev–Trinajstić information content (AvgIpc) is 3.11. The summed E-state index contributed by atoms with van der Waals surface area (Å²) in [4.78, 5) is 6.60. The van der Waals surface area contributed by atoms with Crippen LogP contribution >= 0.6 is 0 Å². The molecule has 0 unspecified atom stereocenters. The summed E-state index contributed by atoms with van der Waals surface area (Å²) in [5.41, 5.74) is 2.04. The number of benzene rings is 2. The molecule has 6 nitrogen and oxygen atoms in total. The number of pyridine rings is 1. The minimum atomic E-state index is -3.60. The zero-order valence-electron chi connectivity index (χ0n) is 15.6. The van der Waals surface area contributed by atoms with Crippen molar-refractivity contribution in [3.8, 4) is 0 Å². The fourth-order valence-corrected chi connectivity index (χ4v) is 5.23. The molecule has 0 amide bonds. The Morgan fingerprint density at radius 2 is 1.89 bits per heavy atom. The molecular formula is C21H23N3O3S. The highest BCUT2D eigenvalue weighted by Gasteiger charge is 2.40. The van der Waals surface area contributed by atoms with Gasteiger partial charge in [0.25, 0.3) is 0 Å². The van der Waals surface area contributed by atoms with Crippen LogP contribution in [0.4, 0.5) is 0 Å². The molecule has 1 saturated heterocycles. The van der Waals surface area contributed by atoms with Gasteiger partial charge in [0.15, 0.2) is 0 Å². The van der Waals surface area contributed by atoms with Gasteiger partial charge in [-0.3, -0.25) is 9.88 Å². The number of β-amino-alcohol motifs (C(OH)–C–C–N with tert-alkyl or cyclic N) is 1. The van der Waals surface area contributed by atoms with Crippen molar-refractivity contribution >= 4 is 20.9 Å². The van der Waals surface area contributed by atoms with Gasteiger partial charge in [-0.05, 0) is 42.9 Å². The van der Waals surface area contributed by atoms with E-state index in [2.05, 4.69) is 11.1 Å². The topological polar surface area (TPSA) is 73.7 Å². The van der Waals surface area contributed by atoms with Gasteiger partial charge in [-0.15, -0.1) is 0 Å². The number of aromatic nitrogens is 1. The molecule has 1 aliphatic heterocycles. The lowest BCUT2D eigenvalue weighted by Crippen LogP contribution is -2.40. The van der Waals surface area contributed by atoms with Crippen LogP contribution < -0.4 is 0 Å². The molecule has 0 spiro atoms. The van der Waals surface area contributed by atoms with Gasteiger partial charge in [0.1, 0.15) is 0 Å². The number of aliphatic hydroxyl groups is 1. The molecule has 2 aromatic carbocycles. The van der Waals surface area contributed by atoms with Crippen molar-refractivity contribution in [2.45, 2.75) is 23.6 Å². The summed E-state index contributed by atoms with van der Waals surface area (Å²) in [6, 6.07) is 18.1. The monoisotopic (exact) mass is 397 g/mol. The Morgan fingerprint density at radius 3 is 2.68 bits per heavy atom. The van der Waals surface area contributed by atoms with Gasteiger partial charge in [0.05, 0.1) is 22.6 Å². The summed E-state index contributed by atoms with van der Waals surface area (Å²) >= 11 is 0. The number of fused-ring (bicyclic) bond motifs is 1. The Bertz CT molecular complexity index is 1070. The molecule has 2 heterocycles. The molecule has 4 rings (SSSR count). The van der Waals surface area contributed by atoms with Crippen molar-refractivity contribution in [3.63, 3.8) is 0 Å². The second-order valence-corrected chi connectivity index (χ2v) is 9.15. The number of sulfonamides is 1. The van der Waals surface area contributed by atoms with Gasteiger partial charge in [0, 0.05) is 31.2 Å². The van der Waals surface area contributed by atoms with Crippen molar-refractivity contribution in [1.29, 1.82) is 0 Å². The second kappa shape index (κ2) is 7.60. The molecule has 1 N–H and O–H groups in total. The fraction of sp³-hybridized carbons (Fsp3) is 0.286. The number of hydrogen-bond donors (Lipinski definition) is 1. The Balaban J connectivity index is 1.49. The molecule has 1 aromatic heterocycles. The van der Waals surface area contributed by atoms with Crippen molar-refractivity contribution in [3.05, 3.63) is 72.4 Å². The molecule has 0 bridgehead atoms. The third kappa shape index (κ3) is 3.66. The van der Waals surface area contributed by atoms with E-state index in [9.17, 15) is 13.5 Å². The number of nitrogens with zero attached hydrogens (tertiary/aromatic N) is 3. The second-order valence-electron chi connectivity index (χ2n) is 7.22. The molecule has 3 aromatic rings. The quantitative estimate of drug-likeness (QED) is 0.714. The van der Waals surface area contributed by atoms with Gasteiger partial charge < -0.3 is 5.11 Å². The molecule has 1 aliphatic rings. The van der Waals surface area contributed by atoms with E-state index in [1.54, 1.807) is 36.5 Å². The smallest absolute Gasteiger partial charge is 0.243 e. The molecule has 0 radical (unpaired) electrons. The first-order valence-electron chi connectivity index (χ1n) is 9.22. The third-order valence-corrected chi connectivity index (χ3v) is 7.12. The molecule has 28 heavy (non-hydrogen) atoms. The number of hydrogen-bond acceptors (Lipinski definition) is 5. The maximum absolute atomic E-state index is 12.8. The van der Waals surface area contributed by atoms with Crippen molar-refractivity contribution in [2.75, 3.05) is 20.1 Å². The summed E-state index contributed by atoms with van der Waals surface area (Å²) in [6.45, 7) is 0.990. The average molecular weight is 398 g/mol. The van der Waals surface area contributed by atoms with E-state index in [-0.39, 0.29) is 24.0 Å². The standard InChI is InChI=1S/C21H23N3O3S/c1-23(13-16-9-10-19-17(12-16)6-5-11-22-19)20-14-24(15-21(20)25)28(26,27)18-7-3-2-4-8-18/h2-12,20-21,25H,13-15H2,1H3/t20-,21-/m0/s1. The number of aliphatic hydroxyl groups excluding tert-OH is 1. The normalized spacial score (nSPS) is 20.8. The first kappa shape index (κ1) is 19.0. The first-order valence-corrected chi connectivity index (χ1v) is 10.7.